The average Bonchev–Trinajstić information content (AvgIpc) is 3.34. The Labute approximate surface area is 166 Å². The summed E-state index contributed by atoms with van der Waals surface area (Å²) >= 11 is 0.913. The number of aromatic nitrogens is 3. The summed E-state index contributed by atoms with van der Waals surface area (Å²) in [5, 5.41) is 4.92. The standard InChI is InChI=1S/C18H20N4O4S2/c1-26-15-5-3-4-13-12(15)10-14(19-13)17(23)22-8-6-11(7-9-22)16-18(27-21-20-16)28(2,24)25/h3-5,10-11,19H,6-9H2,1-2H3. The molecule has 0 saturated carbocycles. The number of carbonyl (C=O) groups is 1. The lowest BCUT2D eigenvalue weighted by molar-refractivity contribution is 0.0706. The highest BCUT2D eigenvalue weighted by molar-refractivity contribution is 7.92. The molecule has 0 bridgehead atoms. The van der Waals surface area contributed by atoms with Gasteiger partial charge in [-0.15, -0.1) is 5.10 Å². The summed E-state index contributed by atoms with van der Waals surface area (Å²) in [5.41, 5.74) is 1.91. The summed E-state index contributed by atoms with van der Waals surface area (Å²) < 4.78 is 33.2. The first-order chi connectivity index (χ1) is 13.4. The summed E-state index contributed by atoms with van der Waals surface area (Å²) in [6.07, 6.45) is 2.49. The number of benzene rings is 1. The van der Waals surface area contributed by atoms with E-state index in [0.29, 0.717) is 37.3 Å². The number of rotatable bonds is 4. The van der Waals surface area contributed by atoms with Crippen LogP contribution in [0.5, 0.6) is 5.75 Å². The minimum Gasteiger partial charge on any atom is -0.496 e. The highest BCUT2D eigenvalue weighted by atomic mass is 32.2. The van der Waals surface area contributed by atoms with Crippen LogP contribution in [0.1, 0.15) is 34.9 Å². The van der Waals surface area contributed by atoms with Crippen molar-refractivity contribution in [1.29, 1.82) is 0 Å². The predicted molar refractivity (Wildman–Crippen MR) is 106 cm³/mol. The third-order valence-electron chi connectivity index (χ3n) is 5.06. The van der Waals surface area contributed by atoms with Gasteiger partial charge in [-0.1, -0.05) is 10.6 Å². The molecule has 1 N–H and O–H groups in total. The monoisotopic (exact) mass is 420 g/mol. The van der Waals surface area contributed by atoms with Crippen LogP contribution in [-0.2, 0) is 9.84 Å². The second-order valence-electron chi connectivity index (χ2n) is 6.89. The van der Waals surface area contributed by atoms with Gasteiger partial charge in [-0.2, -0.15) is 0 Å². The van der Waals surface area contributed by atoms with E-state index in [1.807, 2.05) is 24.3 Å². The first-order valence-electron chi connectivity index (χ1n) is 8.86. The van der Waals surface area contributed by atoms with Crippen molar-refractivity contribution in [3.63, 3.8) is 0 Å². The lowest BCUT2D eigenvalue weighted by Crippen LogP contribution is -2.38. The molecule has 148 valence electrons. The van der Waals surface area contributed by atoms with Gasteiger partial charge in [0.1, 0.15) is 11.4 Å². The third-order valence-corrected chi connectivity index (χ3v) is 7.61. The van der Waals surface area contributed by atoms with Crippen LogP contribution in [-0.4, -0.2) is 60.3 Å². The summed E-state index contributed by atoms with van der Waals surface area (Å²) in [5.74, 6) is 0.641. The molecule has 0 unspecified atom stereocenters. The maximum Gasteiger partial charge on any atom is 0.270 e. The molecule has 10 heteroatoms. The van der Waals surface area contributed by atoms with Gasteiger partial charge in [0.2, 0.25) is 0 Å². The van der Waals surface area contributed by atoms with E-state index in [1.165, 1.54) is 6.26 Å². The number of carbonyl (C=O) groups excluding carboxylic acids is 1. The topological polar surface area (TPSA) is 105 Å². The molecule has 0 spiro atoms. The fraction of sp³-hybridized carbons (Fsp3) is 0.389. The van der Waals surface area contributed by atoms with Gasteiger partial charge in [0, 0.05) is 47.7 Å². The smallest absolute Gasteiger partial charge is 0.270 e. The number of amides is 1. The normalized spacial score (nSPS) is 15.9. The van der Waals surface area contributed by atoms with Crippen LogP contribution >= 0.6 is 11.5 Å². The molecule has 1 aliphatic heterocycles. The van der Waals surface area contributed by atoms with Crippen molar-refractivity contribution in [3.8, 4) is 5.75 Å². The van der Waals surface area contributed by atoms with Crippen LogP contribution in [0.2, 0.25) is 0 Å². The summed E-state index contributed by atoms with van der Waals surface area (Å²) in [4.78, 5) is 17.9. The Hall–Kier alpha value is -2.46. The largest absolute Gasteiger partial charge is 0.496 e. The van der Waals surface area contributed by atoms with Crippen LogP contribution in [0.15, 0.2) is 28.5 Å². The fourth-order valence-electron chi connectivity index (χ4n) is 3.64. The number of aromatic amines is 1. The number of fused-ring (bicyclic) bond motifs is 1. The van der Waals surface area contributed by atoms with Crippen molar-refractivity contribution in [2.45, 2.75) is 23.0 Å². The number of ether oxygens (including phenoxy) is 1. The number of methoxy groups -OCH3 is 1. The molecule has 1 saturated heterocycles. The van der Waals surface area contributed by atoms with Crippen molar-refractivity contribution >= 4 is 38.2 Å². The van der Waals surface area contributed by atoms with Crippen molar-refractivity contribution in [2.24, 2.45) is 0 Å². The number of piperidine rings is 1. The molecule has 4 rings (SSSR count). The van der Waals surface area contributed by atoms with Gasteiger partial charge in [0.15, 0.2) is 14.0 Å². The molecule has 8 nitrogen and oxygen atoms in total. The lowest BCUT2D eigenvalue weighted by Gasteiger charge is -2.31. The molecule has 3 heterocycles. The summed E-state index contributed by atoms with van der Waals surface area (Å²) in [6, 6.07) is 7.45. The maximum absolute atomic E-state index is 12.9. The van der Waals surface area contributed by atoms with Crippen molar-refractivity contribution in [2.75, 3.05) is 26.5 Å². The minimum atomic E-state index is -3.34. The molecule has 28 heavy (non-hydrogen) atoms. The molecule has 0 aliphatic carbocycles. The van der Waals surface area contributed by atoms with E-state index in [9.17, 15) is 13.2 Å². The molecule has 1 aliphatic rings. The van der Waals surface area contributed by atoms with Crippen LogP contribution in [0.4, 0.5) is 0 Å². The van der Waals surface area contributed by atoms with E-state index >= 15 is 0 Å². The van der Waals surface area contributed by atoms with Crippen LogP contribution in [0.25, 0.3) is 10.9 Å². The molecule has 1 fully saturated rings. The molecule has 0 radical (unpaired) electrons. The second kappa shape index (κ2) is 7.17. The number of H-pyrrole nitrogens is 1. The number of hydrogen-bond donors (Lipinski definition) is 1. The van der Waals surface area contributed by atoms with Crippen LogP contribution in [0, 0.1) is 0 Å². The van der Waals surface area contributed by atoms with Crippen LogP contribution < -0.4 is 4.74 Å². The molecular weight excluding hydrogens is 400 g/mol. The lowest BCUT2D eigenvalue weighted by atomic mass is 9.94. The minimum absolute atomic E-state index is 0.00432. The zero-order chi connectivity index (χ0) is 19.9. The predicted octanol–water partition coefficient (Wildman–Crippen LogP) is 2.45. The van der Waals surface area contributed by atoms with Gasteiger partial charge in [-0.25, -0.2) is 8.42 Å². The van der Waals surface area contributed by atoms with E-state index in [1.54, 1.807) is 12.0 Å². The number of likely N-dealkylation sites (tertiary alicyclic amines) is 1. The van der Waals surface area contributed by atoms with E-state index in [2.05, 4.69) is 14.6 Å². The van der Waals surface area contributed by atoms with Crippen molar-refractivity contribution in [1.82, 2.24) is 19.5 Å². The Morgan fingerprint density at radius 3 is 2.75 bits per heavy atom. The summed E-state index contributed by atoms with van der Waals surface area (Å²) in [6.45, 7) is 1.08. The molecule has 1 amide bonds. The number of sulfone groups is 1. The van der Waals surface area contributed by atoms with Crippen LogP contribution in [0.3, 0.4) is 0 Å². The zero-order valence-corrected chi connectivity index (χ0v) is 17.1. The van der Waals surface area contributed by atoms with E-state index in [0.717, 1.165) is 28.2 Å². The van der Waals surface area contributed by atoms with Gasteiger partial charge in [-0.3, -0.25) is 4.79 Å². The Kier molecular flexibility index (Phi) is 4.84. The van der Waals surface area contributed by atoms with Crippen molar-refractivity contribution in [3.05, 3.63) is 35.7 Å². The first-order valence-corrected chi connectivity index (χ1v) is 11.5. The third kappa shape index (κ3) is 3.37. The first kappa shape index (κ1) is 18.9. The van der Waals surface area contributed by atoms with E-state index in [4.69, 9.17) is 4.74 Å². The number of hydrogen-bond acceptors (Lipinski definition) is 7. The van der Waals surface area contributed by atoms with Gasteiger partial charge in [0.05, 0.1) is 12.8 Å². The SMILES string of the molecule is COc1cccc2[nH]c(C(=O)N3CCC(c4nnsc4S(C)(=O)=O)CC3)cc12. The highest BCUT2D eigenvalue weighted by Gasteiger charge is 2.31. The average molecular weight is 421 g/mol. The molecule has 2 aromatic heterocycles. The Bertz CT molecular complexity index is 1130. The zero-order valence-electron chi connectivity index (χ0n) is 15.5. The fourth-order valence-corrected chi connectivity index (χ4v) is 5.37. The highest BCUT2D eigenvalue weighted by Crippen LogP contribution is 2.33. The van der Waals surface area contributed by atoms with Crippen molar-refractivity contribution < 1.29 is 17.9 Å². The molecule has 1 aromatic carbocycles. The maximum atomic E-state index is 12.9. The van der Waals surface area contributed by atoms with E-state index in [-0.39, 0.29) is 16.0 Å². The number of nitrogens with one attached hydrogen (secondary N) is 1. The quantitative estimate of drug-likeness (QED) is 0.695. The van der Waals surface area contributed by atoms with Gasteiger partial charge >= 0.3 is 0 Å². The van der Waals surface area contributed by atoms with Gasteiger partial charge < -0.3 is 14.6 Å². The second-order valence-corrected chi connectivity index (χ2v) is 9.85. The Morgan fingerprint density at radius 1 is 1.32 bits per heavy atom. The number of nitrogens with zero attached hydrogens (tertiary/aromatic N) is 3. The van der Waals surface area contributed by atoms with Gasteiger partial charge in [-0.05, 0) is 31.0 Å². The molecule has 0 atom stereocenters. The summed E-state index contributed by atoms with van der Waals surface area (Å²) in [7, 11) is -1.73. The van der Waals surface area contributed by atoms with Gasteiger partial charge in [0.25, 0.3) is 5.91 Å². The molecule has 3 aromatic rings. The molecular formula is C18H20N4O4S2. The Morgan fingerprint density at radius 2 is 2.07 bits per heavy atom. The Balaban J connectivity index is 1.50. The van der Waals surface area contributed by atoms with E-state index < -0.39 is 9.84 Å².